The van der Waals surface area contributed by atoms with Crippen LogP contribution < -0.4 is 5.62 Å². The van der Waals surface area contributed by atoms with E-state index in [0.717, 1.165) is 35.2 Å². The maximum absolute atomic E-state index is 10.5. The summed E-state index contributed by atoms with van der Waals surface area (Å²) < 4.78 is 9.55. The number of rotatable bonds is 7. The second-order valence-electron chi connectivity index (χ2n) is 7.05. The van der Waals surface area contributed by atoms with Crippen LogP contribution in [0.1, 0.15) is 18.4 Å². The molecule has 2 aromatic carbocycles. The molecule has 0 spiro atoms. The Balaban J connectivity index is 1.56. The molecule has 1 aromatic heterocycles. The maximum atomic E-state index is 10.5. The third-order valence-electron chi connectivity index (χ3n) is 4.95. The van der Waals surface area contributed by atoms with Gasteiger partial charge in [0.05, 0.1) is 24.1 Å². The van der Waals surface area contributed by atoms with Crippen LogP contribution in [0.25, 0.3) is 11.0 Å². The molecular formula is C23H25N3O2. The number of aliphatic hydroxyl groups is 1. The molecule has 0 saturated heterocycles. The lowest BCUT2D eigenvalue weighted by Gasteiger charge is -2.15. The summed E-state index contributed by atoms with van der Waals surface area (Å²) in [5, 5.41) is 19.2. The van der Waals surface area contributed by atoms with E-state index in [1.807, 2.05) is 63.8 Å². The minimum atomic E-state index is -0.693. The van der Waals surface area contributed by atoms with Crippen molar-refractivity contribution in [1.29, 1.82) is 5.41 Å². The van der Waals surface area contributed by atoms with E-state index in [1.54, 1.807) is 0 Å². The minimum absolute atomic E-state index is 0.209. The summed E-state index contributed by atoms with van der Waals surface area (Å²) in [5.41, 5.74) is 3.45. The first-order valence-corrected chi connectivity index (χ1v) is 9.66. The van der Waals surface area contributed by atoms with Crippen LogP contribution in [0.3, 0.4) is 0 Å². The van der Waals surface area contributed by atoms with Crippen LogP contribution >= 0.6 is 0 Å². The Morgan fingerprint density at radius 1 is 0.964 bits per heavy atom. The molecule has 1 unspecified atom stereocenters. The molecule has 1 aliphatic rings. The van der Waals surface area contributed by atoms with Crippen molar-refractivity contribution in [2.75, 3.05) is 6.61 Å². The highest BCUT2D eigenvalue weighted by Crippen LogP contribution is 2.16. The molecule has 1 aliphatic carbocycles. The fraction of sp³-hybridized carbons (Fsp3) is 0.261. The van der Waals surface area contributed by atoms with Crippen molar-refractivity contribution in [2.45, 2.75) is 32.0 Å². The summed E-state index contributed by atoms with van der Waals surface area (Å²) >= 11 is 0. The molecule has 4 rings (SSSR count). The highest BCUT2D eigenvalue weighted by Gasteiger charge is 2.15. The van der Waals surface area contributed by atoms with Crippen molar-refractivity contribution in [3.8, 4) is 0 Å². The zero-order chi connectivity index (χ0) is 19.3. The second-order valence-corrected chi connectivity index (χ2v) is 7.05. The van der Waals surface area contributed by atoms with Crippen molar-refractivity contribution >= 4 is 11.0 Å². The number of hydrogen-bond acceptors (Lipinski definition) is 3. The van der Waals surface area contributed by atoms with E-state index in [0.29, 0.717) is 18.7 Å². The number of imidazole rings is 1. The highest BCUT2D eigenvalue weighted by molar-refractivity contribution is 5.76. The molecule has 3 aromatic rings. The first kappa shape index (κ1) is 18.3. The topological polar surface area (TPSA) is 63.2 Å². The van der Waals surface area contributed by atoms with E-state index in [-0.39, 0.29) is 6.61 Å². The van der Waals surface area contributed by atoms with Crippen LogP contribution in [-0.2, 0) is 17.8 Å². The van der Waals surface area contributed by atoms with Gasteiger partial charge in [-0.3, -0.25) is 5.41 Å². The van der Waals surface area contributed by atoms with Crippen molar-refractivity contribution in [3.63, 3.8) is 0 Å². The molecule has 28 heavy (non-hydrogen) atoms. The predicted octanol–water partition coefficient (Wildman–Crippen LogP) is 3.58. The Labute approximate surface area is 164 Å². The lowest BCUT2D eigenvalue weighted by molar-refractivity contribution is 0.0629. The van der Waals surface area contributed by atoms with E-state index < -0.39 is 6.10 Å². The molecule has 0 amide bonds. The number of nitrogens with zero attached hydrogens (tertiary/aromatic N) is 2. The standard InChI is InChI=1S/C23H25N3O2/c24-23-25(15-18-9-3-1-4-10-18)21-13-7-8-14-22(21)26(23)16-19(27)17-28-20-11-5-2-6-12-20/h1,3-5,7-14,19,24,27H,2,6,15-17H2. The number of aliphatic hydroxyl groups excluding tert-OH is 1. The Kier molecular flexibility index (Phi) is 5.44. The largest absolute Gasteiger partial charge is 0.491 e. The average Bonchev–Trinajstić information content (AvgIpc) is 3.00. The molecule has 0 fully saturated rings. The van der Waals surface area contributed by atoms with E-state index in [1.165, 1.54) is 0 Å². The smallest absolute Gasteiger partial charge is 0.203 e. The van der Waals surface area contributed by atoms with Crippen LogP contribution in [0.15, 0.2) is 78.6 Å². The second kappa shape index (κ2) is 8.31. The molecule has 5 heteroatoms. The third kappa shape index (κ3) is 3.94. The molecular weight excluding hydrogens is 350 g/mol. The van der Waals surface area contributed by atoms with Gasteiger partial charge in [-0.1, -0.05) is 48.5 Å². The van der Waals surface area contributed by atoms with Gasteiger partial charge in [0.1, 0.15) is 18.5 Å². The summed E-state index contributed by atoms with van der Waals surface area (Å²) in [6.07, 6.45) is 7.39. The monoisotopic (exact) mass is 375 g/mol. The van der Waals surface area contributed by atoms with Crippen molar-refractivity contribution < 1.29 is 9.84 Å². The van der Waals surface area contributed by atoms with Crippen LogP contribution in [0.5, 0.6) is 0 Å². The highest BCUT2D eigenvalue weighted by atomic mass is 16.5. The third-order valence-corrected chi connectivity index (χ3v) is 4.95. The SMILES string of the molecule is N=c1n(Cc2ccccc2)c2ccccc2n1CC(O)COC1=CCCC=C1. The normalized spacial score (nSPS) is 14.8. The fourth-order valence-electron chi connectivity index (χ4n) is 3.56. The molecule has 1 heterocycles. The quantitative estimate of drug-likeness (QED) is 0.663. The van der Waals surface area contributed by atoms with Gasteiger partial charge in [0.2, 0.25) is 5.62 Å². The summed E-state index contributed by atoms with van der Waals surface area (Å²) in [4.78, 5) is 0. The Hall–Kier alpha value is -3.05. The van der Waals surface area contributed by atoms with Gasteiger partial charge in [-0.15, -0.1) is 0 Å². The summed E-state index contributed by atoms with van der Waals surface area (Å²) in [7, 11) is 0. The molecule has 0 radical (unpaired) electrons. The van der Waals surface area contributed by atoms with Gasteiger partial charge in [-0.05, 0) is 42.7 Å². The van der Waals surface area contributed by atoms with Crippen molar-refractivity contribution in [1.82, 2.24) is 9.13 Å². The predicted molar refractivity (Wildman–Crippen MR) is 110 cm³/mol. The molecule has 2 N–H and O–H groups in total. The van der Waals surface area contributed by atoms with Crippen LogP contribution in [0.4, 0.5) is 0 Å². The van der Waals surface area contributed by atoms with Gasteiger partial charge >= 0.3 is 0 Å². The van der Waals surface area contributed by atoms with Crippen LogP contribution in [0, 0.1) is 5.41 Å². The number of hydrogen-bond donors (Lipinski definition) is 2. The molecule has 5 nitrogen and oxygen atoms in total. The van der Waals surface area contributed by atoms with Gasteiger partial charge in [0, 0.05) is 0 Å². The zero-order valence-electron chi connectivity index (χ0n) is 15.8. The number of fused-ring (bicyclic) bond motifs is 1. The molecule has 0 aliphatic heterocycles. The maximum Gasteiger partial charge on any atom is 0.203 e. The Bertz CT molecular complexity index is 1060. The van der Waals surface area contributed by atoms with Crippen molar-refractivity contribution in [3.05, 3.63) is 89.8 Å². The van der Waals surface area contributed by atoms with Crippen molar-refractivity contribution in [2.24, 2.45) is 0 Å². The average molecular weight is 375 g/mol. The first-order valence-electron chi connectivity index (χ1n) is 9.66. The van der Waals surface area contributed by atoms with Gasteiger partial charge in [-0.25, -0.2) is 0 Å². The van der Waals surface area contributed by atoms with Gasteiger partial charge in [0.25, 0.3) is 0 Å². The van der Waals surface area contributed by atoms with E-state index >= 15 is 0 Å². The Morgan fingerprint density at radius 2 is 1.68 bits per heavy atom. The number of ether oxygens (including phenoxy) is 1. The van der Waals surface area contributed by atoms with Crippen LogP contribution in [0.2, 0.25) is 0 Å². The summed E-state index contributed by atoms with van der Waals surface area (Å²) in [6.45, 7) is 1.15. The first-order chi connectivity index (χ1) is 13.7. The lowest BCUT2D eigenvalue weighted by atomic mass is 10.2. The van der Waals surface area contributed by atoms with Gasteiger partial charge < -0.3 is 19.0 Å². The van der Waals surface area contributed by atoms with Gasteiger partial charge in [0.15, 0.2) is 0 Å². The van der Waals surface area contributed by atoms with Gasteiger partial charge in [-0.2, -0.15) is 0 Å². The fourth-order valence-corrected chi connectivity index (χ4v) is 3.56. The van der Waals surface area contributed by atoms with E-state index in [4.69, 9.17) is 10.1 Å². The number of para-hydroxylation sites is 2. The number of aromatic nitrogens is 2. The minimum Gasteiger partial charge on any atom is -0.491 e. The summed E-state index contributed by atoms with van der Waals surface area (Å²) in [6, 6.07) is 18.1. The molecule has 1 atom stereocenters. The van der Waals surface area contributed by atoms with Crippen LogP contribution in [-0.4, -0.2) is 27.0 Å². The summed E-state index contributed by atoms with van der Waals surface area (Å²) in [5.74, 6) is 0.813. The molecule has 0 saturated carbocycles. The molecule has 0 bridgehead atoms. The number of benzene rings is 2. The molecule has 144 valence electrons. The zero-order valence-corrected chi connectivity index (χ0v) is 15.8. The van der Waals surface area contributed by atoms with E-state index in [9.17, 15) is 5.11 Å². The number of nitrogens with one attached hydrogen (secondary N) is 1. The van der Waals surface area contributed by atoms with E-state index in [2.05, 4.69) is 18.2 Å². The lowest BCUT2D eigenvalue weighted by Crippen LogP contribution is -2.31. The Morgan fingerprint density at radius 3 is 2.39 bits per heavy atom. The number of allylic oxidation sites excluding steroid dienone is 3.